The van der Waals surface area contributed by atoms with Crippen molar-refractivity contribution in [2.75, 3.05) is 0 Å². The topological polar surface area (TPSA) is 90.3 Å². The van der Waals surface area contributed by atoms with Gasteiger partial charge in [0, 0.05) is 5.56 Å². The Bertz CT molecular complexity index is 1280. The van der Waals surface area contributed by atoms with E-state index in [1.807, 2.05) is 6.07 Å². The number of nitrogens with zero attached hydrogens (tertiary/aromatic N) is 5. The average Bonchev–Trinajstić information content (AvgIpc) is 3.19. The fourth-order valence-corrected chi connectivity index (χ4v) is 3.16. The van der Waals surface area contributed by atoms with Gasteiger partial charge in [-0.05, 0) is 31.2 Å². The second kappa shape index (κ2) is 8.67. The number of fused-ring (bicyclic) bond motifs is 1. The van der Waals surface area contributed by atoms with Crippen LogP contribution in [0, 0.1) is 22.7 Å². The number of aromatic nitrogens is 3. The zero-order valence-electron chi connectivity index (χ0n) is 16.5. The van der Waals surface area contributed by atoms with E-state index in [2.05, 4.69) is 15.5 Å². The molecule has 6 nitrogen and oxygen atoms in total. The molecule has 1 aromatic heterocycles. The van der Waals surface area contributed by atoms with Gasteiger partial charge in [-0.2, -0.15) is 51.9 Å². The number of hydrogen-bond acceptors (Lipinski definition) is 5. The molecule has 0 bridgehead atoms. The highest BCUT2D eigenvalue weighted by molar-refractivity contribution is 7.80. The van der Waals surface area contributed by atoms with Crippen molar-refractivity contribution < 1.29 is 26.3 Å². The molecule has 33 heavy (non-hydrogen) atoms. The lowest BCUT2D eigenvalue weighted by Gasteiger charge is -2.20. The van der Waals surface area contributed by atoms with Crippen molar-refractivity contribution in [3.8, 4) is 12.1 Å². The van der Waals surface area contributed by atoms with Gasteiger partial charge in [-0.15, -0.1) is 0 Å². The molecule has 0 saturated heterocycles. The molecule has 1 heterocycles. The quantitative estimate of drug-likeness (QED) is 0.426. The Morgan fingerprint density at radius 1 is 1.00 bits per heavy atom. The molecule has 0 radical (unpaired) electrons. The summed E-state index contributed by atoms with van der Waals surface area (Å²) < 4.78 is 77.4. The van der Waals surface area contributed by atoms with Crippen molar-refractivity contribution in [3.05, 3.63) is 58.7 Å². The fourth-order valence-electron chi connectivity index (χ4n) is 2.90. The summed E-state index contributed by atoms with van der Waals surface area (Å²) in [5.41, 5.74) is -2.29. The molecule has 2 atom stereocenters. The van der Waals surface area contributed by atoms with Crippen LogP contribution in [0.5, 0.6) is 0 Å². The molecule has 3 rings (SSSR count). The first-order chi connectivity index (χ1) is 15.3. The van der Waals surface area contributed by atoms with Crippen molar-refractivity contribution in [3.63, 3.8) is 0 Å². The second-order valence-corrected chi connectivity index (χ2v) is 7.33. The lowest BCUT2D eigenvalue weighted by atomic mass is 10.1. The van der Waals surface area contributed by atoms with Crippen LogP contribution in [-0.4, -0.2) is 26.0 Å². The number of nitriles is 2. The number of hydrogen-bond donors (Lipinski definition) is 1. The molecule has 0 spiro atoms. The largest absolute Gasteiger partial charge is 0.416 e. The van der Waals surface area contributed by atoms with Gasteiger partial charge in [-0.1, -0.05) is 24.4 Å². The molecule has 0 aliphatic carbocycles. The number of alkyl halides is 6. The standard InChI is InChI=1S/C20H12F6N6S/c1-10(16(9-28)29-18(33)11-2-4-13(5-3-11)19(21,22)23)32-30-15-7-14(20(24,25)26)6-12(8-27)17(15)31-32/h2-7,10,16H,1H3,(H,29,33)/t10-,16?/m0/s1. The predicted octanol–water partition coefficient (Wildman–Crippen LogP) is 4.76. The van der Waals surface area contributed by atoms with Crippen molar-refractivity contribution >= 4 is 28.2 Å². The molecule has 1 N–H and O–H groups in total. The van der Waals surface area contributed by atoms with Crippen molar-refractivity contribution in [1.29, 1.82) is 10.5 Å². The number of halogens is 6. The summed E-state index contributed by atoms with van der Waals surface area (Å²) in [5.74, 6) is 0. The van der Waals surface area contributed by atoms with Gasteiger partial charge in [0.15, 0.2) is 0 Å². The zero-order valence-corrected chi connectivity index (χ0v) is 17.3. The SMILES string of the molecule is C[C@@H](C(C#N)NC(=S)c1ccc(C(F)(F)F)cc1)n1nc2cc(C(F)(F)F)cc(C#N)c2n1. The molecule has 0 aliphatic heterocycles. The van der Waals surface area contributed by atoms with Gasteiger partial charge >= 0.3 is 12.4 Å². The van der Waals surface area contributed by atoms with Gasteiger partial charge in [0.05, 0.1) is 22.8 Å². The number of rotatable bonds is 4. The van der Waals surface area contributed by atoms with E-state index >= 15 is 0 Å². The van der Waals surface area contributed by atoms with E-state index in [1.54, 1.807) is 6.07 Å². The van der Waals surface area contributed by atoms with E-state index in [4.69, 9.17) is 12.2 Å². The Kier molecular flexibility index (Phi) is 6.29. The summed E-state index contributed by atoms with van der Waals surface area (Å²) in [6.07, 6.45) is -9.21. The zero-order chi connectivity index (χ0) is 24.6. The summed E-state index contributed by atoms with van der Waals surface area (Å²) >= 11 is 5.17. The monoisotopic (exact) mass is 482 g/mol. The number of thiocarbonyl (C=S) groups is 1. The third-order valence-electron chi connectivity index (χ3n) is 4.70. The highest BCUT2D eigenvalue weighted by Gasteiger charge is 2.33. The van der Waals surface area contributed by atoms with Crippen LogP contribution in [0.15, 0.2) is 36.4 Å². The third-order valence-corrected chi connectivity index (χ3v) is 5.05. The number of nitrogens with one attached hydrogen (secondary N) is 1. The van der Waals surface area contributed by atoms with E-state index < -0.39 is 35.6 Å². The highest BCUT2D eigenvalue weighted by Crippen LogP contribution is 2.32. The van der Waals surface area contributed by atoms with E-state index in [0.717, 1.165) is 35.1 Å². The minimum atomic E-state index is -4.69. The van der Waals surface area contributed by atoms with E-state index in [-0.39, 0.29) is 27.1 Å². The van der Waals surface area contributed by atoms with E-state index in [9.17, 15) is 36.9 Å². The average molecular weight is 482 g/mol. The molecule has 170 valence electrons. The maximum Gasteiger partial charge on any atom is 0.416 e. The van der Waals surface area contributed by atoms with Crippen LogP contribution in [0.3, 0.4) is 0 Å². The van der Waals surface area contributed by atoms with Crippen LogP contribution >= 0.6 is 12.2 Å². The van der Waals surface area contributed by atoms with Gasteiger partial charge in [-0.3, -0.25) is 0 Å². The van der Waals surface area contributed by atoms with E-state index in [1.165, 1.54) is 6.92 Å². The molecule has 2 aromatic carbocycles. The summed E-state index contributed by atoms with van der Waals surface area (Å²) in [5, 5.41) is 29.5. The maximum atomic E-state index is 13.1. The smallest absolute Gasteiger partial charge is 0.359 e. The Hall–Kier alpha value is -3.71. The van der Waals surface area contributed by atoms with Crippen LogP contribution < -0.4 is 5.32 Å². The molecule has 0 saturated carbocycles. The summed E-state index contributed by atoms with van der Waals surface area (Å²) in [7, 11) is 0. The summed E-state index contributed by atoms with van der Waals surface area (Å²) in [4.78, 5) is 0.970. The lowest BCUT2D eigenvalue weighted by Crippen LogP contribution is -2.39. The van der Waals surface area contributed by atoms with Crippen LogP contribution in [-0.2, 0) is 12.4 Å². The first-order valence-corrected chi connectivity index (χ1v) is 9.51. The Morgan fingerprint density at radius 3 is 2.12 bits per heavy atom. The second-order valence-electron chi connectivity index (χ2n) is 6.92. The predicted molar refractivity (Wildman–Crippen MR) is 108 cm³/mol. The normalized spacial score (nSPS) is 13.7. The lowest BCUT2D eigenvalue weighted by molar-refractivity contribution is -0.138. The summed E-state index contributed by atoms with van der Waals surface area (Å²) in [6.45, 7) is 1.49. The minimum absolute atomic E-state index is 0.0177. The van der Waals surface area contributed by atoms with Gasteiger partial charge in [-0.25, -0.2) is 0 Å². The van der Waals surface area contributed by atoms with Crippen LogP contribution in [0.25, 0.3) is 11.0 Å². The third kappa shape index (κ3) is 5.04. The van der Waals surface area contributed by atoms with Crippen LogP contribution in [0.4, 0.5) is 26.3 Å². The maximum absolute atomic E-state index is 13.1. The van der Waals surface area contributed by atoms with Gasteiger partial charge in [0.25, 0.3) is 0 Å². The van der Waals surface area contributed by atoms with Crippen molar-refractivity contribution in [2.45, 2.75) is 31.4 Å². The van der Waals surface area contributed by atoms with Crippen molar-refractivity contribution in [2.24, 2.45) is 0 Å². The Morgan fingerprint density at radius 2 is 1.61 bits per heavy atom. The molecule has 3 aromatic rings. The molecule has 1 unspecified atom stereocenters. The molecule has 0 fully saturated rings. The minimum Gasteiger partial charge on any atom is -0.359 e. The Balaban J connectivity index is 1.87. The number of benzene rings is 2. The molecule has 0 aliphatic rings. The van der Waals surface area contributed by atoms with Gasteiger partial charge < -0.3 is 5.32 Å². The molecular formula is C20H12F6N6S. The van der Waals surface area contributed by atoms with Gasteiger partial charge in [0.1, 0.15) is 34.2 Å². The fraction of sp³-hybridized carbons (Fsp3) is 0.250. The van der Waals surface area contributed by atoms with Crippen LogP contribution in [0.1, 0.15) is 35.2 Å². The molecular weight excluding hydrogens is 470 g/mol. The highest BCUT2D eigenvalue weighted by atomic mass is 32.1. The first kappa shape index (κ1) is 23.9. The molecule has 0 amide bonds. The van der Waals surface area contributed by atoms with Gasteiger partial charge in [0.2, 0.25) is 0 Å². The molecule has 13 heteroatoms. The van der Waals surface area contributed by atoms with E-state index in [0.29, 0.717) is 6.07 Å². The first-order valence-electron chi connectivity index (χ1n) is 9.10. The Labute approximate surface area is 188 Å². The van der Waals surface area contributed by atoms with Crippen LogP contribution in [0.2, 0.25) is 0 Å². The van der Waals surface area contributed by atoms with Crippen molar-refractivity contribution in [1.82, 2.24) is 20.3 Å². The summed E-state index contributed by atoms with van der Waals surface area (Å²) in [6, 6.07) is 7.01.